The molecule has 0 saturated heterocycles. The fourth-order valence-electron chi connectivity index (χ4n) is 3.44. The lowest BCUT2D eigenvalue weighted by molar-refractivity contribution is 0.509. The molecule has 0 bridgehead atoms. The normalized spacial score (nSPS) is 12.5. The van der Waals surface area contributed by atoms with E-state index in [2.05, 4.69) is 41.1 Å². The van der Waals surface area contributed by atoms with Crippen molar-refractivity contribution in [2.45, 2.75) is 26.2 Å². The van der Waals surface area contributed by atoms with E-state index >= 15 is 0 Å². The second kappa shape index (κ2) is 9.01. The molecule has 2 nitrogen and oxygen atoms in total. The van der Waals surface area contributed by atoms with E-state index in [1.165, 1.54) is 34.9 Å². The van der Waals surface area contributed by atoms with Gasteiger partial charge in [-0.25, -0.2) is 13.2 Å². The van der Waals surface area contributed by atoms with Crippen molar-refractivity contribution >= 4 is 17.5 Å². The summed E-state index contributed by atoms with van der Waals surface area (Å²) in [6.07, 6.45) is 5.44. The van der Waals surface area contributed by atoms with Crippen LogP contribution in [0.4, 0.5) is 24.5 Å². The first-order chi connectivity index (χ1) is 15.0. The minimum atomic E-state index is -1.02. The lowest BCUT2D eigenvalue weighted by atomic mass is 10.0. The first kappa shape index (κ1) is 20.6. The van der Waals surface area contributed by atoms with Crippen LogP contribution in [-0.2, 0) is 6.42 Å². The van der Waals surface area contributed by atoms with Crippen LogP contribution in [0.2, 0.25) is 0 Å². The van der Waals surface area contributed by atoms with Crippen LogP contribution in [0.25, 0.3) is 6.08 Å². The highest BCUT2D eigenvalue weighted by atomic mass is 19.2. The molecule has 0 saturated carbocycles. The largest absolute Gasteiger partial charge is 0.206 e. The number of benzene rings is 3. The topological polar surface area (TPSA) is 24.7 Å². The Labute approximate surface area is 179 Å². The van der Waals surface area contributed by atoms with Crippen LogP contribution in [0, 0.1) is 29.3 Å². The average Bonchev–Trinajstić information content (AvgIpc) is 3.16. The Morgan fingerprint density at radius 1 is 0.806 bits per heavy atom. The van der Waals surface area contributed by atoms with E-state index in [4.69, 9.17) is 0 Å². The maximum Gasteiger partial charge on any atom is 0.161 e. The Kier molecular flexibility index (Phi) is 5.99. The highest BCUT2D eigenvalue weighted by Crippen LogP contribution is 2.28. The summed E-state index contributed by atoms with van der Waals surface area (Å²) in [4.78, 5) is 0. The number of fused-ring (bicyclic) bond motifs is 1. The van der Waals surface area contributed by atoms with Crippen LogP contribution in [0.3, 0.4) is 0 Å². The number of halogens is 3. The molecule has 4 rings (SSSR count). The van der Waals surface area contributed by atoms with Gasteiger partial charge in [-0.15, -0.1) is 0 Å². The molecule has 5 heteroatoms. The highest BCUT2D eigenvalue weighted by Gasteiger charge is 2.12. The molecule has 0 unspecified atom stereocenters. The molecular weight excluding hydrogens is 397 g/mol. The standard InChI is InChI=1S/C26H19F3N2/c1-2-3-18-13-20-7-5-17(12-21(20)14-18)4-6-19-8-9-22(15-25(19)28)30-31-23-10-11-24(27)26(29)16-23/h5,7-12,14-16H,2-3,13H2,1H3. The minimum absolute atomic E-state index is 0.135. The summed E-state index contributed by atoms with van der Waals surface area (Å²) in [5.74, 6) is 3.37. The molecule has 0 atom stereocenters. The molecule has 0 heterocycles. The zero-order valence-corrected chi connectivity index (χ0v) is 16.9. The van der Waals surface area contributed by atoms with E-state index < -0.39 is 17.5 Å². The number of azo groups is 1. The second-order valence-corrected chi connectivity index (χ2v) is 7.36. The Balaban J connectivity index is 1.50. The smallest absolute Gasteiger partial charge is 0.161 e. The van der Waals surface area contributed by atoms with Gasteiger partial charge in [0, 0.05) is 17.7 Å². The van der Waals surface area contributed by atoms with E-state index in [0.29, 0.717) is 0 Å². The number of hydrogen-bond donors (Lipinski definition) is 0. The van der Waals surface area contributed by atoms with Crippen molar-refractivity contribution < 1.29 is 13.2 Å². The third-order valence-electron chi connectivity index (χ3n) is 4.97. The molecule has 0 aliphatic heterocycles. The van der Waals surface area contributed by atoms with Gasteiger partial charge in [0.1, 0.15) is 5.82 Å². The number of rotatable bonds is 4. The molecule has 1 aliphatic rings. The maximum absolute atomic E-state index is 14.4. The lowest BCUT2D eigenvalue weighted by Gasteiger charge is -2.00. The van der Waals surface area contributed by atoms with Crippen molar-refractivity contribution in [1.29, 1.82) is 0 Å². The Morgan fingerprint density at radius 3 is 2.26 bits per heavy atom. The SMILES string of the molecule is CCCC1=Cc2cc(C#Cc3ccc(N=Nc4ccc(F)c(F)c4)cc3F)ccc2C1. The van der Waals surface area contributed by atoms with Gasteiger partial charge in [-0.1, -0.05) is 42.9 Å². The van der Waals surface area contributed by atoms with Crippen molar-refractivity contribution in [3.05, 3.63) is 99.9 Å². The lowest BCUT2D eigenvalue weighted by Crippen LogP contribution is -1.86. The number of allylic oxidation sites excluding steroid dienone is 1. The van der Waals surface area contributed by atoms with E-state index in [1.807, 2.05) is 12.1 Å². The monoisotopic (exact) mass is 416 g/mol. The van der Waals surface area contributed by atoms with Gasteiger partial charge in [-0.2, -0.15) is 10.2 Å². The predicted molar refractivity (Wildman–Crippen MR) is 116 cm³/mol. The van der Waals surface area contributed by atoms with Gasteiger partial charge in [0.25, 0.3) is 0 Å². The zero-order chi connectivity index (χ0) is 21.8. The van der Waals surface area contributed by atoms with Crippen LogP contribution in [0.15, 0.2) is 70.4 Å². The van der Waals surface area contributed by atoms with Crippen LogP contribution in [0.5, 0.6) is 0 Å². The van der Waals surface area contributed by atoms with Crippen molar-refractivity contribution in [3.63, 3.8) is 0 Å². The Hall–Kier alpha value is -3.65. The zero-order valence-electron chi connectivity index (χ0n) is 16.9. The summed E-state index contributed by atoms with van der Waals surface area (Å²) in [5, 5.41) is 7.68. The minimum Gasteiger partial charge on any atom is -0.206 e. The summed E-state index contributed by atoms with van der Waals surface area (Å²) in [7, 11) is 0. The Bertz CT molecular complexity index is 1260. The van der Waals surface area contributed by atoms with E-state index in [-0.39, 0.29) is 16.9 Å². The van der Waals surface area contributed by atoms with E-state index in [0.717, 1.165) is 37.0 Å². The van der Waals surface area contributed by atoms with Gasteiger partial charge < -0.3 is 0 Å². The first-order valence-electron chi connectivity index (χ1n) is 10.0. The molecule has 0 amide bonds. The van der Waals surface area contributed by atoms with Crippen molar-refractivity contribution in [1.82, 2.24) is 0 Å². The summed E-state index contributed by atoms with van der Waals surface area (Å²) in [6, 6.07) is 13.5. The molecule has 1 aliphatic carbocycles. The highest BCUT2D eigenvalue weighted by molar-refractivity contribution is 5.66. The molecule has 0 radical (unpaired) electrons. The molecular formula is C26H19F3N2. The van der Waals surface area contributed by atoms with Crippen molar-refractivity contribution in [3.8, 4) is 11.8 Å². The van der Waals surface area contributed by atoms with Crippen molar-refractivity contribution in [2.24, 2.45) is 10.2 Å². The maximum atomic E-state index is 14.4. The third kappa shape index (κ3) is 4.92. The molecule has 0 aromatic heterocycles. The molecule has 31 heavy (non-hydrogen) atoms. The molecule has 3 aromatic carbocycles. The van der Waals surface area contributed by atoms with Gasteiger partial charge in [0.15, 0.2) is 11.6 Å². The molecule has 154 valence electrons. The van der Waals surface area contributed by atoms with Crippen LogP contribution >= 0.6 is 0 Å². The summed E-state index contributed by atoms with van der Waals surface area (Å²) in [5.41, 5.74) is 5.37. The summed E-state index contributed by atoms with van der Waals surface area (Å²) >= 11 is 0. The van der Waals surface area contributed by atoms with E-state index in [1.54, 1.807) is 6.07 Å². The van der Waals surface area contributed by atoms with Crippen molar-refractivity contribution in [2.75, 3.05) is 0 Å². The molecule has 3 aromatic rings. The van der Waals surface area contributed by atoms with E-state index in [9.17, 15) is 13.2 Å². The number of nitrogens with zero attached hydrogens (tertiary/aromatic N) is 2. The molecule has 0 spiro atoms. The van der Waals surface area contributed by atoms with Gasteiger partial charge in [-0.3, -0.25) is 0 Å². The average molecular weight is 416 g/mol. The first-order valence-corrected chi connectivity index (χ1v) is 10.0. The number of hydrogen-bond acceptors (Lipinski definition) is 2. The van der Waals surface area contributed by atoms with Crippen LogP contribution < -0.4 is 0 Å². The van der Waals surface area contributed by atoms with Crippen LogP contribution in [0.1, 0.15) is 42.0 Å². The van der Waals surface area contributed by atoms with Crippen LogP contribution in [-0.4, -0.2) is 0 Å². The molecule has 0 N–H and O–H groups in total. The summed E-state index contributed by atoms with van der Waals surface area (Å²) in [6.45, 7) is 2.17. The van der Waals surface area contributed by atoms with Gasteiger partial charge in [0.2, 0.25) is 0 Å². The van der Waals surface area contributed by atoms with Gasteiger partial charge >= 0.3 is 0 Å². The quantitative estimate of drug-likeness (QED) is 0.308. The molecule has 0 fully saturated rings. The summed E-state index contributed by atoms with van der Waals surface area (Å²) < 4.78 is 40.6. The fourth-order valence-corrected chi connectivity index (χ4v) is 3.44. The fraction of sp³-hybridized carbons (Fsp3) is 0.154. The Morgan fingerprint density at radius 2 is 1.55 bits per heavy atom. The van der Waals surface area contributed by atoms with Gasteiger partial charge in [0.05, 0.1) is 16.9 Å². The second-order valence-electron chi connectivity index (χ2n) is 7.36. The van der Waals surface area contributed by atoms with Gasteiger partial charge in [-0.05, 0) is 60.4 Å². The predicted octanol–water partition coefficient (Wildman–Crippen LogP) is 7.66. The third-order valence-corrected chi connectivity index (χ3v) is 4.97.